The minimum atomic E-state index is -4.47. The number of alkyl halides is 3. The molecule has 1 aliphatic rings. The summed E-state index contributed by atoms with van der Waals surface area (Å²) >= 11 is 0. The zero-order valence-electron chi connectivity index (χ0n) is 9.36. The molecule has 1 saturated heterocycles. The van der Waals surface area contributed by atoms with Gasteiger partial charge in [0.05, 0.1) is 16.9 Å². The van der Waals surface area contributed by atoms with Gasteiger partial charge in [-0.1, -0.05) is 0 Å². The highest BCUT2D eigenvalue weighted by Crippen LogP contribution is 2.36. The van der Waals surface area contributed by atoms with Gasteiger partial charge in [0.15, 0.2) is 9.84 Å². The summed E-state index contributed by atoms with van der Waals surface area (Å²) in [6, 6.07) is 0. The van der Waals surface area contributed by atoms with Crippen molar-refractivity contribution in [2.75, 3.05) is 24.7 Å². The fourth-order valence-electron chi connectivity index (χ4n) is 1.84. The average molecular weight is 290 g/mol. The van der Waals surface area contributed by atoms with Gasteiger partial charge in [0, 0.05) is 6.61 Å². The normalized spacial score (nSPS) is 27.3. The largest absolute Gasteiger partial charge is 0.481 e. The second-order valence-corrected chi connectivity index (χ2v) is 6.53. The summed E-state index contributed by atoms with van der Waals surface area (Å²) in [6.45, 7) is -1.89. The number of halogens is 3. The molecule has 106 valence electrons. The number of aliphatic carboxylic acids is 1. The molecule has 1 fully saturated rings. The Kier molecular flexibility index (Phi) is 4.26. The third-order valence-electron chi connectivity index (χ3n) is 2.83. The summed E-state index contributed by atoms with van der Waals surface area (Å²) in [4.78, 5) is 11.1. The quantitative estimate of drug-likeness (QED) is 0.759. The molecule has 5 nitrogen and oxygen atoms in total. The second kappa shape index (κ2) is 5.04. The smallest absolute Gasteiger partial charge is 0.411 e. The zero-order chi connectivity index (χ0) is 14.0. The van der Waals surface area contributed by atoms with Crippen LogP contribution in [0.5, 0.6) is 0 Å². The molecular weight excluding hydrogens is 277 g/mol. The monoisotopic (exact) mass is 290 g/mol. The second-order valence-electron chi connectivity index (χ2n) is 4.35. The van der Waals surface area contributed by atoms with Crippen LogP contribution in [0.4, 0.5) is 13.2 Å². The summed E-state index contributed by atoms with van der Waals surface area (Å²) in [5, 5.41) is 9.01. The van der Waals surface area contributed by atoms with Crippen LogP contribution in [0.2, 0.25) is 0 Å². The van der Waals surface area contributed by atoms with Crippen molar-refractivity contribution in [3.63, 3.8) is 0 Å². The number of carboxylic acids is 1. The first-order valence-corrected chi connectivity index (χ1v) is 6.97. The van der Waals surface area contributed by atoms with Gasteiger partial charge in [-0.05, 0) is 12.8 Å². The van der Waals surface area contributed by atoms with Crippen molar-refractivity contribution in [1.29, 1.82) is 0 Å². The molecular formula is C9H13F3O5S. The number of carbonyl (C=O) groups is 1. The first-order chi connectivity index (χ1) is 8.06. The Hall–Kier alpha value is -0.830. The third kappa shape index (κ3) is 4.13. The predicted octanol–water partition coefficient (Wildman–Crippen LogP) is 0.845. The van der Waals surface area contributed by atoms with Crippen LogP contribution in [0, 0.1) is 5.41 Å². The standard InChI is InChI=1S/C9H13F3O5S/c10-9(11,12)5-17-3-1-8(7(13)14)2-4-18(15,16)6-8/h1-6H2,(H,13,14). The first kappa shape index (κ1) is 15.2. The van der Waals surface area contributed by atoms with Crippen LogP contribution in [-0.4, -0.2) is 50.4 Å². The molecule has 1 heterocycles. The fourth-order valence-corrected chi connectivity index (χ4v) is 3.94. The van der Waals surface area contributed by atoms with Gasteiger partial charge >= 0.3 is 12.1 Å². The summed E-state index contributed by atoms with van der Waals surface area (Å²) in [5.74, 6) is -2.09. The Balaban J connectivity index is 2.54. The lowest BCUT2D eigenvalue weighted by Crippen LogP contribution is -2.34. The number of sulfone groups is 1. The van der Waals surface area contributed by atoms with Crippen LogP contribution in [-0.2, 0) is 19.4 Å². The number of hydrogen-bond acceptors (Lipinski definition) is 4. The van der Waals surface area contributed by atoms with Gasteiger partial charge in [0.25, 0.3) is 0 Å². The van der Waals surface area contributed by atoms with E-state index in [1.54, 1.807) is 0 Å². The van der Waals surface area contributed by atoms with E-state index in [1.165, 1.54) is 0 Å². The summed E-state index contributed by atoms with van der Waals surface area (Å²) in [6.07, 6.45) is -4.80. The van der Waals surface area contributed by atoms with E-state index in [4.69, 9.17) is 5.11 Å². The highest BCUT2D eigenvalue weighted by Gasteiger charge is 2.48. The van der Waals surface area contributed by atoms with E-state index >= 15 is 0 Å². The van der Waals surface area contributed by atoms with Crippen molar-refractivity contribution in [1.82, 2.24) is 0 Å². The van der Waals surface area contributed by atoms with E-state index in [1.807, 2.05) is 0 Å². The molecule has 1 unspecified atom stereocenters. The van der Waals surface area contributed by atoms with Crippen LogP contribution in [0.1, 0.15) is 12.8 Å². The van der Waals surface area contributed by atoms with Crippen LogP contribution in [0.15, 0.2) is 0 Å². The molecule has 18 heavy (non-hydrogen) atoms. The van der Waals surface area contributed by atoms with Crippen molar-refractivity contribution in [3.8, 4) is 0 Å². The molecule has 9 heteroatoms. The maximum Gasteiger partial charge on any atom is 0.411 e. The molecule has 1 N–H and O–H groups in total. The van der Waals surface area contributed by atoms with Crippen molar-refractivity contribution in [3.05, 3.63) is 0 Å². The molecule has 0 aromatic rings. The molecule has 0 aliphatic carbocycles. The Labute approximate surface area is 102 Å². The van der Waals surface area contributed by atoms with Gasteiger partial charge in [-0.2, -0.15) is 13.2 Å². The van der Waals surface area contributed by atoms with E-state index < -0.39 is 46.4 Å². The van der Waals surface area contributed by atoms with Gasteiger partial charge in [-0.25, -0.2) is 8.42 Å². The average Bonchev–Trinajstić information content (AvgIpc) is 2.49. The van der Waals surface area contributed by atoms with Gasteiger partial charge < -0.3 is 9.84 Å². The Morgan fingerprint density at radius 1 is 1.39 bits per heavy atom. The van der Waals surface area contributed by atoms with Crippen LogP contribution < -0.4 is 0 Å². The summed E-state index contributed by atoms with van der Waals surface area (Å²) in [5.41, 5.74) is -1.51. The maximum absolute atomic E-state index is 11.8. The molecule has 0 aromatic carbocycles. The molecule has 0 bridgehead atoms. The van der Waals surface area contributed by atoms with Gasteiger partial charge in [-0.15, -0.1) is 0 Å². The van der Waals surface area contributed by atoms with Crippen LogP contribution in [0.3, 0.4) is 0 Å². The van der Waals surface area contributed by atoms with Gasteiger partial charge in [0.2, 0.25) is 0 Å². The van der Waals surface area contributed by atoms with Crippen LogP contribution in [0.25, 0.3) is 0 Å². The Bertz CT molecular complexity index is 416. The number of rotatable bonds is 5. The zero-order valence-corrected chi connectivity index (χ0v) is 10.2. The van der Waals surface area contributed by atoms with Gasteiger partial charge in [0.1, 0.15) is 6.61 Å². The molecule has 0 amide bonds. The minimum Gasteiger partial charge on any atom is -0.481 e. The maximum atomic E-state index is 11.8. The number of hydrogen-bond donors (Lipinski definition) is 1. The van der Waals surface area contributed by atoms with Crippen LogP contribution >= 0.6 is 0 Å². The Morgan fingerprint density at radius 2 is 2.00 bits per heavy atom. The lowest BCUT2D eigenvalue weighted by molar-refractivity contribution is -0.176. The predicted molar refractivity (Wildman–Crippen MR) is 54.8 cm³/mol. The van der Waals surface area contributed by atoms with E-state index in [9.17, 15) is 26.4 Å². The molecule has 1 atom stereocenters. The van der Waals surface area contributed by atoms with Gasteiger partial charge in [-0.3, -0.25) is 4.79 Å². The lowest BCUT2D eigenvalue weighted by Gasteiger charge is -2.22. The number of ether oxygens (including phenoxy) is 1. The molecule has 0 radical (unpaired) electrons. The van der Waals surface area contributed by atoms with Crippen molar-refractivity contribution in [2.45, 2.75) is 19.0 Å². The van der Waals surface area contributed by atoms with Crippen molar-refractivity contribution < 1.29 is 36.2 Å². The highest BCUT2D eigenvalue weighted by molar-refractivity contribution is 7.91. The van der Waals surface area contributed by atoms with Crippen molar-refractivity contribution >= 4 is 15.8 Å². The molecule has 0 spiro atoms. The van der Waals surface area contributed by atoms with Crippen molar-refractivity contribution in [2.24, 2.45) is 5.41 Å². The molecule has 1 aliphatic heterocycles. The lowest BCUT2D eigenvalue weighted by atomic mass is 9.84. The SMILES string of the molecule is O=C(O)C1(CCOCC(F)(F)F)CCS(=O)(=O)C1. The highest BCUT2D eigenvalue weighted by atomic mass is 32.2. The molecule has 0 saturated carbocycles. The van der Waals surface area contributed by atoms with E-state index in [0.717, 1.165) is 0 Å². The fraction of sp³-hybridized carbons (Fsp3) is 0.889. The Morgan fingerprint density at radius 3 is 2.39 bits per heavy atom. The third-order valence-corrected chi connectivity index (χ3v) is 4.65. The minimum absolute atomic E-state index is 0.0833. The summed E-state index contributed by atoms with van der Waals surface area (Å²) in [7, 11) is -3.42. The van der Waals surface area contributed by atoms with E-state index in [0.29, 0.717) is 0 Å². The number of carboxylic acid groups (broad SMARTS) is 1. The molecule has 0 aromatic heterocycles. The first-order valence-electron chi connectivity index (χ1n) is 5.15. The summed E-state index contributed by atoms with van der Waals surface area (Å²) < 4.78 is 62.2. The molecule has 1 rings (SSSR count). The van der Waals surface area contributed by atoms with E-state index in [2.05, 4.69) is 4.74 Å². The van der Waals surface area contributed by atoms with E-state index in [-0.39, 0.29) is 18.6 Å². The topological polar surface area (TPSA) is 80.7 Å².